The lowest BCUT2D eigenvalue weighted by atomic mass is 9.73. The van der Waals surface area contributed by atoms with E-state index in [-0.39, 0.29) is 0 Å². The van der Waals surface area contributed by atoms with Crippen LogP contribution in [0.3, 0.4) is 0 Å². The largest absolute Gasteiger partial charge is 0.493 e. The molecule has 0 spiro atoms. The molecular formula is C16H23ClO2. The van der Waals surface area contributed by atoms with Crippen LogP contribution in [-0.2, 0) is 0 Å². The van der Waals surface area contributed by atoms with E-state index >= 15 is 0 Å². The molecule has 1 saturated carbocycles. The van der Waals surface area contributed by atoms with Crippen LogP contribution in [0.2, 0.25) is 0 Å². The van der Waals surface area contributed by atoms with Gasteiger partial charge in [-0.15, -0.1) is 11.6 Å². The minimum Gasteiger partial charge on any atom is -0.493 e. The molecule has 0 unspecified atom stereocenters. The maximum absolute atomic E-state index is 6.20. The smallest absolute Gasteiger partial charge is 0.161 e. The number of halogens is 1. The van der Waals surface area contributed by atoms with Gasteiger partial charge in [-0.25, -0.2) is 0 Å². The fourth-order valence-corrected chi connectivity index (χ4v) is 3.27. The Morgan fingerprint density at radius 3 is 2.42 bits per heavy atom. The SMILES string of the molecule is COc1ccccc1OCCC1(CCl)CCCCC1. The van der Waals surface area contributed by atoms with E-state index in [2.05, 4.69) is 0 Å². The van der Waals surface area contributed by atoms with Crippen LogP contribution >= 0.6 is 11.6 Å². The van der Waals surface area contributed by atoms with Crippen LogP contribution in [-0.4, -0.2) is 19.6 Å². The summed E-state index contributed by atoms with van der Waals surface area (Å²) in [5, 5.41) is 0. The minimum absolute atomic E-state index is 0.293. The number of alkyl halides is 1. The predicted octanol–water partition coefficient (Wildman–Crippen LogP) is 4.65. The quantitative estimate of drug-likeness (QED) is 0.707. The molecule has 0 aliphatic heterocycles. The highest BCUT2D eigenvalue weighted by atomic mass is 35.5. The molecule has 0 saturated heterocycles. The molecule has 106 valence electrons. The summed E-state index contributed by atoms with van der Waals surface area (Å²) in [5.41, 5.74) is 0.293. The van der Waals surface area contributed by atoms with Gasteiger partial charge in [-0.1, -0.05) is 31.4 Å². The average molecular weight is 283 g/mol. The molecule has 3 heteroatoms. The van der Waals surface area contributed by atoms with E-state index in [9.17, 15) is 0 Å². The van der Waals surface area contributed by atoms with E-state index in [1.807, 2.05) is 24.3 Å². The van der Waals surface area contributed by atoms with Gasteiger partial charge in [0.2, 0.25) is 0 Å². The molecule has 0 aromatic heterocycles. The van der Waals surface area contributed by atoms with Crippen molar-refractivity contribution in [3.63, 3.8) is 0 Å². The van der Waals surface area contributed by atoms with E-state index in [1.165, 1.54) is 32.1 Å². The summed E-state index contributed by atoms with van der Waals surface area (Å²) in [5.74, 6) is 2.37. The number of ether oxygens (including phenoxy) is 2. The van der Waals surface area contributed by atoms with Gasteiger partial charge in [0.25, 0.3) is 0 Å². The summed E-state index contributed by atoms with van der Waals surface area (Å²) in [6.45, 7) is 0.715. The number of para-hydroxylation sites is 2. The first-order valence-electron chi connectivity index (χ1n) is 7.11. The molecule has 0 radical (unpaired) electrons. The number of hydrogen-bond acceptors (Lipinski definition) is 2. The summed E-state index contributed by atoms with van der Waals surface area (Å²) in [6, 6.07) is 7.79. The van der Waals surface area contributed by atoms with Gasteiger partial charge in [0, 0.05) is 5.88 Å². The lowest BCUT2D eigenvalue weighted by molar-refractivity contribution is 0.159. The molecule has 1 fully saturated rings. The van der Waals surface area contributed by atoms with Crippen molar-refractivity contribution in [2.75, 3.05) is 19.6 Å². The first kappa shape index (κ1) is 14.5. The van der Waals surface area contributed by atoms with Crippen molar-refractivity contribution in [3.8, 4) is 11.5 Å². The first-order chi connectivity index (χ1) is 9.29. The molecule has 1 aromatic carbocycles. The second-order valence-corrected chi connectivity index (χ2v) is 5.71. The van der Waals surface area contributed by atoms with E-state index < -0.39 is 0 Å². The summed E-state index contributed by atoms with van der Waals surface area (Å²) < 4.78 is 11.2. The fraction of sp³-hybridized carbons (Fsp3) is 0.625. The Bertz CT molecular complexity index is 386. The van der Waals surface area contributed by atoms with Crippen molar-refractivity contribution >= 4 is 11.6 Å². The summed E-state index contributed by atoms with van der Waals surface area (Å²) in [6.07, 6.45) is 7.49. The van der Waals surface area contributed by atoms with Gasteiger partial charge in [-0.05, 0) is 36.8 Å². The van der Waals surface area contributed by atoms with Gasteiger partial charge in [-0.2, -0.15) is 0 Å². The zero-order valence-corrected chi connectivity index (χ0v) is 12.4. The van der Waals surface area contributed by atoms with Crippen molar-refractivity contribution in [1.29, 1.82) is 0 Å². The van der Waals surface area contributed by atoms with Crippen LogP contribution in [0.1, 0.15) is 38.5 Å². The van der Waals surface area contributed by atoms with Crippen LogP contribution in [0.25, 0.3) is 0 Å². The normalized spacial score (nSPS) is 18.0. The first-order valence-corrected chi connectivity index (χ1v) is 7.65. The maximum Gasteiger partial charge on any atom is 0.161 e. The lowest BCUT2D eigenvalue weighted by Crippen LogP contribution is -2.28. The Morgan fingerprint density at radius 1 is 1.11 bits per heavy atom. The van der Waals surface area contributed by atoms with Gasteiger partial charge in [-0.3, -0.25) is 0 Å². The van der Waals surface area contributed by atoms with Gasteiger partial charge in [0.15, 0.2) is 11.5 Å². The maximum atomic E-state index is 6.20. The molecule has 1 aromatic rings. The molecule has 2 nitrogen and oxygen atoms in total. The van der Waals surface area contributed by atoms with Gasteiger partial charge in [0.05, 0.1) is 13.7 Å². The van der Waals surface area contributed by atoms with Crippen LogP contribution in [0.4, 0.5) is 0 Å². The Balaban J connectivity index is 1.88. The lowest BCUT2D eigenvalue weighted by Gasteiger charge is -2.35. The molecule has 1 aliphatic carbocycles. The number of hydrogen-bond donors (Lipinski definition) is 0. The van der Waals surface area contributed by atoms with Gasteiger partial charge < -0.3 is 9.47 Å². The number of methoxy groups -OCH3 is 1. The highest BCUT2D eigenvalue weighted by Gasteiger charge is 2.30. The summed E-state index contributed by atoms with van der Waals surface area (Å²) in [7, 11) is 1.67. The molecular weight excluding hydrogens is 260 g/mol. The Morgan fingerprint density at radius 2 is 1.79 bits per heavy atom. The van der Waals surface area contributed by atoms with Crippen molar-refractivity contribution in [2.45, 2.75) is 38.5 Å². The van der Waals surface area contributed by atoms with Crippen molar-refractivity contribution in [1.82, 2.24) is 0 Å². The van der Waals surface area contributed by atoms with E-state index in [4.69, 9.17) is 21.1 Å². The highest BCUT2D eigenvalue weighted by molar-refractivity contribution is 6.18. The molecule has 0 bridgehead atoms. The average Bonchev–Trinajstić information content (AvgIpc) is 2.49. The van der Waals surface area contributed by atoms with Crippen LogP contribution in [0.5, 0.6) is 11.5 Å². The third-order valence-corrected chi connectivity index (χ3v) is 4.72. The zero-order chi connectivity index (χ0) is 13.6. The van der Waals surface area contributed by atoms with Crippen LogP contribution in [0.15, 0.2) is 24.3 Å². The second-order valence-electron chi connectivity index (χ2n) is 5.44. The molecule has 19 heavy (non-hydrogen) atoms. The second kappa shape index (κ2) is 7.04. The van der Waals surface area contributed by atoms with Gasteiger partial charge in [0.1, 0.15) is 0 Å². The van der Waals surface area contributed by atoms with Crippen molar-refractivity contribution < 1.29 is 9.47 Å². The van der Waals surface area contributed by atoms with Crippen LogP contribution in [0, 0.1) is 5.41 Å². The van der Waals surface area contributed by atoms with Crippen molar-refractivity contribution in [3.05, 3.63) is 24.3 Å². The minimum atomic E-state index is 0.293. The Hall–Kier alpha value is -0.890. The molecule has 0 atom stereocenters. The number of benzene rings is 1. The zero-order valence-electron chi connectivity index (χ0n) is 11.7. The van der Waals surface area contributed by atoms with Crippen molar-refractivity contribution in [2.24, 2.45) is 5.41 Å². The third kappa shape index (κ3) is 3.79. The summed E-state index contributed by atoms with van der Waals surface area (Å²) in [4.78, 5) is 0. The molecule has 0 N–H and O–H groups in total. The van der Waals surface area contributed by atoms with Crippen LogP contribution < -0.4 is 9.47 Å². The molecule has 0 heterocycles. The predicted molar refractivity (Wildman–Crippen MR) is 79.3 cm³/mol. The number of rotatable bonds is 6. The Kier molecular flexibility index (Phi) is 5.38. The van der Waals surface area contributed by atoms with E-state index in [0.29, 0.717) is 12.0 Å². The third-order valence-electron chi connectivity index (χ3n) is 4.16. The molecule has 2 rings (SSSR count). The summed E-state index contributed by atoms with van der Waals surface area (Å²) >= 11 is 6.20. The van der Waals surface area contributed by atoms with E-state index in [1.54, 1.807) is 7.11 Å². The topological polar surface area (TPSA) is 18.5 Å². The molecule has 0 amide bonds. The van der Waals surface area contributed by atoms with E-state index in [0.717, 1.165) is 23.8 Å². The Labute approximate surface area is 121 Å². The standard InChI is InChI=1S/C16H23ClO2/c1-18-14-7-3-4-8-15(14)19-12-11-16(13-17)9-5-2-6-10-16/h3-4,7-8H,2,5-6,9-13H2,1H3. The monoisotopic (exact) mass is 282 g/mol. The van der Waals surface area contributed by atoms with Gasteiger partial charge >= 0.3 is 0 Å². The molecule has 1 aliphatic rings. The fourth-order valence-electron chi connectivity index (χ4n) is 2.87. The highest BCUT2D eigenvalue weighted by Crippen LogP contribution is 2.40.